The number of ether oxygens (including phenoxy) is 2. The Bertz CT molecular complexity index is 1950. The molecule has 0 spiro atoms. The van der Waals surface area contributed by atoms with E-state index in [-0.39, 0.29) is 18.8 Å². The second kappa shape index (κ2) is 14.6. The van der Waals surface area contributed by atoms with Crippen LogP contribution in [0.3, 0.4) is 0 Å². The van der Waals surface area contributed by atoms with E-state index in [4.69, 9.17) is 20.2 Å². The average molecular weight is 656 g/mol. The molecule has 0 unspecified atom stereocenters. The van der Waals surface area contributed by atoms with E-state index >= 15 is 0 Å². The Kier molecular flexibility index (Phi) is 10.2. The van der Waals surface area contributed by atoms with Gasteiger partial charge in [0, 0.05) is 31.3 Å². The van der Waals surface area contributed by atoms with Crippen molar-refractivity contribution >= 4 is 43.5 Å². The number of methoxy groups -OCH3 is 1. The maximum absolute atomic E-state index is 13.7. The number of nitrogens with two attached hydrogens (primary N) is 1. The van der Waals surface area contributed by atoms with E-state index in [2.05, 4.69) is 9.62 Å². The number of carbonyl (C=O) groups is 1. The van der Waals surface area contributed by atoms with Gasteiger partial charge in [0.2, 0.25) is 10.0 Å². The highest BCUT2D eigenvalue weighted by molar-refractivity contribution is 7.91. The fourth-order valence-corrected chi connectivity index (χ4v) is 7.41. The fraction of sp³-hybridized carbons (Fsp3) is 0.333. The molecular weight excluding hydrogens is 614 g/mol. The molecule has 1 aliphatic heterocycles. The van der Waals surface area contributed by atoms with Gasteiger partial charge >= 0.3 is 5.97 Å². The Labute approximate surface area is 275 Å². The van der Waals surface area contributed by atoms with Crippen LogP contribution in [0.1, 0.15) is 40.2 Å². The lowest BCUT2D eigenvalue weighted by atomic mass is 9.98. The van der Waals surface area contributed by atoms with E-state index in [1.165, 1.54) is 0 Å². The fourth-order valence-electron chi connectivity index (χ4n) is 6.23. The van der Waals surface area contributed by atoms with Gasteiger partial charge in [-0.3, -0.25) is 4.72 Å². The van der Waals surface area contributed by atoms with Crippen LogP contribution in [0.5, 0.6) is 0 Å². The van der Waals surface area contributed by atoms with Gasteiger partial charge in [-0.05, 0) is 84.1 Å². The van der Waals surface area contributed by atoms with E-state index in [0.29, 0.717) is 47.4 Å². The molecule has 1 fully saturated rings. The van der Waals surface area contributed by atoms with Gasteiger partial charge in [-0.1, -0.05) is 54.6 Å². The first-order chi connectivity index (χ1) is 22.8. The number of carbonyl (C=O) groups excluding carboxylic acids is 1. The first-order valence-electron chi connectivity index (χ1n) is 16.0. The summed E-state index contributed by atoms with van der Waals surface area (Å²) in [6.07, 6.45) is 1.92. The number of pyridine rings is 1. The second-order valence-corrected chi connectivity index (χ2v) is 13.8. The van der Waals surface area contributed by atoms with Crippen LogP contribution in [0.15, 0.2) is 84.9 Å². The summed E-state index contributed by atoms with van der Waals surface area (Å²) >= 11 is 0. The van der Waals surface area contributed by atoms with Crippen molar-refractivity contribution in [3.8, 4) is 0 Å². The largest absolute Gasteiger partial charge is 0.461 e. The molecule has 0 radical (unpaired) electrons. The van der Waals surface area contributed by atoms with E-state index in [0.717, 1.165) is 54.2 Å². The first-order valence-corrected chi connectivity index (χ1v) is 17.6. The van der Waals surface area contributed by atoms with Gasteiger partial charge in [-0.2, -0.15) is 0 Å². The SMILES string of the molecule is COCCN1CCC(COC(=O)c2cc3ccc(CN)nc3n2Cc2cc(NS(=O)(=O)Cc3ccccc3)cc3ccccc23)CC1. The predicted octanol–water partition coefficient (Wildman–Crippen LogP) is 5.15. The number of hydrogen-bond donors (Lipinski definition) is 2. The van der Waals surface area contributed by atoms with E-state index < -0.39 is 16.0 Å². The van der Waals surface area contributed by atoms with Crippen LogP contribution in [-0.2, 0) is 38.3 Å². The van der Waals surface area contributed by atoms with Gasteiger partial charge in [0.25, 0.3) is 0 Å². The number of benzene rings is 3. The molecule has 2 aromatic heterocycles. The lowest BCUT2D eigenvalue weighted by molar-refractivity contribution is 0.0347. The van der Waals surface area contributed by atoms with Crippen LogP contribution in [0.2, 0.25) is 0 Å². The molecule has 3 heterocycles. The van der Waals surface area contributed by atoms with Gasteiger partial charge in [0.15, 0.2) is 0 Å². The highest BCUT2D eigenvalue weighted by Gasteiger charge is 2.24. The summed E-state index contributed by atoms with van der Waals surface area (Å²) in [7, 11) is -1.98. The zero-order valence-corrected chi connectivity index (χ0v) is 27.4. The molecular formula is C36H41N5O5S. The number of esters is 1. The molecule has 0 aliphatic carbocycles. The van der Waals surface area contributed by atoms with Gasteiger partial charge in [0.1, 0.15) is 11.3 Å². The normalized spacial score (nSPS) is 14.5. The van der Waals surface area contributed by atoms with Gasteiger partial charge in [0.05, 0.1) is 31.2 Å². The number of piperidine rings is 1. The van der Waals surface area contributed by atoms with Gasteiger partial charge in [-0.15, -0.1) is 0 Å². The number of rotatable bonds is 13. The van der Waals surface area contributed by atoms with Gasteiger partial charge in [-0.25, -0.2) is 18.2 Å². The van der Waals surface area contributed by atoms with Crippen molar-refractivity contribution in [2.75, 3.05) is 44.7 Å². The average Bonchev–Trinajstić information content (AvgIpc) is 3.44. The smallest absolute Gasteiger partial charge is 0.355 e. The quantitative estimate of drug-likeness (QED) is 0.167. The third-order valence-corrected chi connectivity index (χ3v) is 10.00. The monoisotopic (exact) mass is 655 g/mol. The predicted molar refractivity (Wildman–Crippen MR) is 185 cm³/mol. The molecule has 1 saturated heterocycles. The van der Waals surface area contributed by atoms with Crippen molar-refractivity contribution in [2.45, 2.75) is 31.7 Å². The summed E-state index contributed by atoms with van der Waals surface area (Å²) in [6, 6.07) is 26.1. The minimum absolute atomic E-state index is 0.147. The molecule has 3 N–H and O–H groups in total. The Morgan fingerprint density at radius 1 is 0.979 bits per heavy atom. The van der Waals surface area contributed by atoms with Crippen LogP contribution in [0.4, 0.5) is 5.69 Å². The minimum atomic E-state index is -3.69. The van der Waals surface area contributed by atoms with Crippen molar-refractivity contribution in [3.05, 3.63) is 107 Å². The molecule has 0 amide bonds. The summed E-state index contributed by atoms with van der Waals surface area (Å²) in [6.45, 7) is 4.40. The molecule has 47 heavy (non-hydrogen) atoms. The van der Waals surface area contributed by atoms with Crippen LogP contribution < -0.4 is 10.5 Å². The maximum Gasteiger partial charge on any atom is 0.355 e. The lowest BCUT2D eigenvalue weighted by Crippen LogP contribution is -2.37. The number of fused-ring (bicyclic) bond motifs is 2. The maximum atomic E-state index is 13.7. The van der Waals surface area contributed by atoms with E-state index in [9.17, 15) is 13.2 Å². The number of sulfonamides is 1. The highest BCUT2D eigenvalue weighted by Crippen LogP contribution is 2.29. The molecule has 10 nitrogen and oxygen atoms in total. The molecule has 3 aromatic carbocycles. The molecule has 246 valence electrons. The van der Waals surface area contributed by atoms with Gasteiger partial charge < -0.3 is 24.7 Å². The lowest BCUT2D eigenvalue weighted by Gasteiger charge is -2.31. The Hall–Kier alpha value is -4.29. The van der Waals surface area contributed by atoms with Crippen molar-refractivity contribution in [2.24, 2.45) is 11.7 Å². The van der Waals surface area contributed by atoms with Crippen molar-refractivity contribution in [1.82, 2.24) is 14.5 Å². The molecule has 5 aromatic rings. The first kappa shape index (κ1) is 32.6. The minimum Gasteiger partial charge on any atom is -0.461 e. The third-order valence-electron chi connectivity index (χ3n) is 8.74. The van der Waals surface area contributed by atoms with Crippen LogP contribution in [0, 0.1) is 5.92 Å². The zero-order valence-electron chi connectivity index (χ0n) is 26.6. The topological polar surface area (TPSA) is 129 Å². The number of anilines is 1. The third kappa shape index (κ3) is 7.99. The number of likely N-dealkylation sites (tertiary alicyclic amines) is 1. The summed E-state index contributed by atoms with van der Waals surface area (Å²) in [5, 5.41) is 2.61. The summed E-state index contributed by atoms with van der Waals surface area (Å²) in [5.41, 5.74) is 9.62. The molecule has 0 saturated carbocycles. The van der Waals surface area contributed by atoms with Crippen LogP contribution >= 0.6 is 0 Å². The highest BCUT2D eigenvalue weighted by atomic mass is 32.2. The van der Waals surface area contributed by atoms with Crippen molar-refractivity contribution < 1.29 is 22.7 Å². The molecule has 0 bridgehead atoms. The number of nitrogens with one attached hydrogen (secondary N) is 1. The molecule has 6 rings (SSSR count). The number of hydrogen-bond acceptors (Lipinski definition) is 8. The van der Waals surface area contributed by atoms with Crippen molar-refractivity contribution in [1.29, 1.82) is 0 Å². The molecule has 1 aliphatic rings. The Balaban J connectivity index is 1.29. The standard InChI is InChI=1S/C36H41N5O5S/c1-45-18-17-40-15-13-26(14-16-40)24-46-36(42)34-21-29-11-12-31(22-37)38-35(29)41(34)23-30-20-32(19-28-9-5-6-10-33(28)30)39-47(43,44)25-27-7-3-2-4-8-27/h2-12,19-21,26,39H,13-18,22-25,37H2,1H3. The summed E-state index contributed by atoms with van der Waals surface area (Å²) in [4.78, 5) is 20.9. The molecule has 11 heteroatoms. The Morgan fingerprint density at radius 2 is 1.74 bits per heavy atom. The van der Waals surface area contributed by atoms with E-state index in [1.807, 2.05) is 77.4 Å². The zero-order chi connectivity index (χ0) is 32.8. The number of nitrogens with zero attached hydrogens (tertiary/aromatic N) is 3. The van der Waals surface area contributed by atoms with Crippen LogP contribution in [-0.4, -0.2) is 68.8 Å². The van der Waals surface area contributed by atoms with E-state index in [1.54, 1.807) is 19.2 Å². The number of aromatic nitrogens is 2. The Morgan fingerprint density at radius 3 is 2.51 bits per heavy atom. The summed E-state index contributed by atoms with van der Waals surface area (Å²) < 4.78 is 42.1. The second-order valence-electron chi connectivity index (χ2n) is 12.1. The van der Waals surface area contributed by atoms with Crippen molar-refractivity contribution in [3.63, 3.8) is 0 Å². The van der Waals surface area contributed by atoms with Crippen LogP contribution in [0.25, 0.3) is 21.8 Å². The summed E-state index contributed by atoms with van der Waals surface area (Å²) in [5.74, 6) is -0.267. The molecule has 0 atom stereocenters.